The maximum absolute atomic E-state index is 11.9. The summed E-state index contributed by atoms with van der Waals surface area (Å²) in [5, 5.41) is 0. The van der Waals surface area contributed by atoms with Crippen molar-refractivity contribution in [2.45, 2.75) is 19.3 Å². The number of ketones is 1. The molecule has 0 spiro atoms. The molecule has 1 aliphatic rings. The van der Waals surface area contributed by atoms with E-state index in [2.05, 4.69) is 4.98 Å². The number of methoxy groups -OCH3 is 1. The molecule has 0 aromatic carbocycles. The molecule has 0 radical (unpaired) electrons. The monoisotopic (exact) mass is 191 g/mol. The fraction of sp³-hybridized carbons (Fsp3) is 0.455. The Labute approximate surface area is 83.1 Å². The summed E-state index contributed by atoms with van der Waals surface area (Å²) in [6.45, 7) is 0. The summed E-state index contributed by atoms with van der Waals surface area (Å²) >= 11 is 0. The van der Waals surface area contributed by atoms with Crippen LogP contribution in [0.1, 0.15) is 29.8 Å². The Hall–Kier alpha value is -1.38. The van der Waals surface area contributed by atoms with Crippen molar-refractivity contribution in [3.63, 3.8) is 0 Å². The molecule has 14 heavy (non-hydrogen) atoms. The third-order valence-corrected chi connectivity index (χ3v) is 2.70. The average molecular weight is 191 g/mol. The van der Waals surface area contributed by atoms with Gasteiger partial charge >= 0.3 is 0 Å². The van der Waals surface area contributed by atoms with Gasteiger partial charge in [-0.2, -0.15) is 0 Å². The smallest absolute Gasteiger partial charge is 0.188 e. The molecule has 0 amide bonds. The Morgan fingerprint density at radius 3 is 2.93 bits per heavy atom. The number of hydrogen-bond acceptors (Lipinski definition) is 3. The lowest BCUT2D eigenvalue weighted by molar-refractivity contribution is 0.0846. The zero-order chi connectivity index (χ0) is 9.97. The van der Waals surface area contributed by atoms with E-state index in [1.54, 1.807) is 25.4 Å². The largest absolute Gasteiger partial charge is 0.494 e. The summed E-state index contributed by atoms with van der Waals surface area (Å²) in [7, 11) is 1.56. The van der Waals surface area contributed by atoms with E-state index in [9.17, 15) is 4.79 Å². The number of carbonyl (C=O) groups is 1. The van der Waals surface area contributed by atoms with Crippen LogP contribution in [0.2, 0.25) is 0 Å². The van der Waals surface area contributed by atoms with Crippen LogP contribution in [-0.4, -0.2) is 17.9 Å². The standard InChI is InChI=1S/C11H13NO2/c1-14-9-6-3-7-12-10(9)11(13)8-4-2-5-8/h3,6-8H,2,4-5H2,1H3. The Balaban J connectivity index is 2.25. The van der Waals surface area contributed by atoms with Crippen molar-refractivity contribution >= 4 is 5.78 Å². The fourth-order valence-electron chi connectivity index (χ4n) is 1.60. The number of ether oxygens (including phenoxy) is 1. The quantitative estimate of drug-likeness (QED) is 0.686. The first-order chi connectivity index (χ1) is 6.83. The van der Waals surface area contributed by atoms with Crippen LogP contribution in [0.15, 0.2) is 18.3 Å². The first-order valence-corrected chi connectivity index (χ1v) is 4.86. The van der Waals surface area contributed by atoms with Gasteiger partial charge in [-0.3, -0.25) is 4.79 Å². The second-order valence-electron chi connectivity index (χ2n) is 3.55. The molecule has 1 heterocycles. The summed E-state index contributed by atoms with van der Waals surface area (Å²) < 4.78 is 5.10. The lowest BCUT2D eigenvalue weighted by atomic mass is 9.81. The molecule has 2 rings (SSSR count). The second-order valence-corrected chi connectivity index (χ2v) is 3.55. The highest BCUT2D eigenvalue weighted by Gasteiger charge is 2.28. The lowest BCUT2D eigenvalue weighted by Gasteiger charge is -2.23. The van der Waals surface area contributed by atoms with E-state index in [0.717, 1.165) is 19.3 Å². The molecular weight excluding hydrogens is 178 g/mol. The second kappa shape index (κ2) is 3.78. The van der Waals surface area contributed by atoms with Gasteiger partial charge in [0.2, 0.25) is 0 Å². The first kappa shape index (κ1) is 9.19. The molecule has 74 valence electrons. The van der Waals surface area contributed by atoms with Crippen LogP contribution in [0.3, 0.4) is 0 Å². The third-order valence-electron chi connectivity index (χ3n) is 2.70. The zero-order valence-electron chi connectivity index (χ0n) is 8.19. The molecule has 0 bridgehead atoms. The molecule has 0 aliphatic heterocycles. The van der Waals surface area contributed by atoms with Gasteiger partial charge in [0.05, 0.1) is 7.11 Å². The van der Waals surface area contributed by atoms with Crippen LogP contribution >= 0.6 is 0 Å². The molecule has 0 unspecified atom stereocenters. The molecule has 1 aromatic rings. The molecule has 1 aromatic heterocycles. The van der Waals surface area contributed by atoms with Crippen LogP contribution in [0.4, 0.5) is 0 Å². The Morgan fingerprint density at radius 2 is 2.36 bits per heavy atom. The van der Waals surface area contributed by atoms with E-state index in [1.165, 1.54) is 0 Å². The van der Waals surface area contributed by atoms with Gasteiger partial charge in [-0.15, -0.1) is 0 Å². The van der Waals surface area contributed by atoms with Crippen molar-refractivity contribution in [2.24, 2.45) is 5.92 Å². The highest BCUT2D eigenvalue weighted by atomic mass is 16.5. The van der Waals surface area contributed by atoms with E-state index in [-0.39, 0.29) is 11.7 Å². The number of nitrogens with zero attached hydrogens (tertiary/aromatic N) is 1. The van der Waals surface area contributed by atoms with Crippen LogP contribution in [0.5, 0.6) is 5.75 Å². The van der Waals surface area contributed by atoms with E-state index < -0.39 is 0 Å². The van der Waals surface area contributed by atoms with Gasteiger partial charge in [0.15, 0.2) is 5.78 Å². The first-order valence-electron chi connectivity index (χ1n) is 4.86. The molecule has 0 saturated heterocycles. The minimum atomic E-state index is 0.133. The van der Waals surface area contributed by atoms with E-state index >= 15 is 0 Å². The van der Waals surface area contributed by atoms with Crippen LogP contribution in [0, 0.1) is 5.92 Å². The van der Waals surface area contributed by atoms with E-state index in [1.807, 2.05) is 0 Å². The number of aromatic nitrogens is 1. The van der Waals surface area contributed by atoms with Gasteiger partial charge < -0.3 is 4.74 Å². The normalized spacial score (nSPS) is 16.1. The summed E-state index contributed by atoms with van der Waals surface area (Å²) in [6.07, 6.45) is 4.79. The summed E-state index contributed by atoms with van der Waals surface area (Å²) in [6, 6.07) is 3.55. The van der Waals surface area contributed by atoms with Gasteiger partial charge in [0.25, 0.3) is 0 Å². The molecule has 1 aliphatic carbocycles. The topological polar surface area (TPSA) is 39.2 Å². The molecule has 1 fully saturated rings. The number of carbonyl (C=O) groups excluding carboxylic acids is 1. The summed E-state index contributed by atoms with van der Waals surface area (Å²) in [5.74, 6) is 0.900. The number of hydrogen-bond donors (Lipinski definition) is 0. The fourth-order valence-corrected chi connectivity index (χ4v) is 1.60. The predicted octanol–water partition coefficient (Wildman–Crippen LogP) is 2.07. The van der Waals surface area contributed by atoms with Crippen molar-refractivity contribution in [2.75, 3.05) is 7.11 Å². The summed E-state index contributed by atoms with van der Waals surface area (Å²) in [5.41, 5.74) is 0.486. The van der Waals surface area contributed by atoms with Gasteiger partial charge in [-0.1, -0.05) is 6.42 Å². The molecule has 1 saturated carbocycles. The van der Waals surface area contributed by atoms with E-state index in [0.29, 0.717) is 11.4 Å². The van der Waals surface area contributed by atoms with Gasteiger partial charge in [-0.25, -0.2) is 4.98 Å². The maximum Gasteiger partial charge on any atom is 0.188 e. The number of rotatable bonds is 3. The molecular formula is C11H13NO2. The zero-order valence-corrected chi connectivity index (χ0v) is 8.19. The Bertz CT molecular complexity index is 345. The van der Waals surface area contributed by atoms with Crippen molar-refractivity contribution in [1.29, 1.82) is 0 Å². The van der Waals surface area contributed by atoms with Crippen LogP contribution in [-0.2, 0) is 0 Å². The number of Topliss-reactive ketones (excluding diaryl/α,β-unsaturated/α-hetero) is 1. The highest BCUT2D eigenvalue weighted by Crippen LogP contribution is 2.31. The Morgan fingerprint density at radius 1 is 1.57 bits per heavy atom. The van der Waals surface area contributed by atoms with Crippen LogP contribution < -0.4 is 4.74 Å². The predicted molar refractivity (Wildman–Crippen MR) is 52.5 cm³/mol. The Kier molecular flexibility index (Phi) is 2.48. The van der Waals surface area contributed by atoms with E-state index in [4.69, 9.17) is 4.74 Å². The van der Waals surface area contributed by atoms with Crippen molar-refractivity contribution < 1.29 is 9.53 Å². The van der Waals surface area contributed by atoms with Gasteiger partial charge in [0.1, 0.15) is 11.4 Å². The lowest BCUT2D eigenvalue weighted by Crippen LogP contribution is -2.23. The maximum atomic E-state index is 11.9. The molecule has 3 nitrogen and oxygen atoms in total. The molecule has 3 heteroatoms. The van der Waals surface area contributed by atoms with Crippen molar-refractivity contribution in [3.05, 3.63) is 24.0 Å². The van der Waals surface area contributed by atoms with Gasteiger partial charge in [0, 0.05) is 12.1 Å². The third kappa shape index (κ3) is 1.50. The summed E-state index contributed by atoms with van der Waals surface area (Å²) in [4.78, 5) is 15.9. The SMILES string of the molecule is COc1cccnc1C(=O)C1CCC1. The minimum Gasteiger partial charge on any atom is -0.494 e. The average Bonchev–Trinajstić information content (AvgIpc) is 2.15. The minimum absolute atomic E-state index is 0.133. The van der Waals surface area contributed by atoms with Crippen molar-refractivity contribution in [1.82, 2.24) is 4.98 Å². The number of pyridine rings is 1. The van der Waals surface area contributed by atoms with Gasteiger partial charge in [-0.05, 0) is 25.0 Å². The molecule has 0 N–H and O–H groups in total. The van der Waals surface area contributed by atoms with Crippen molar-refractivity contribution in [3.8, 4) is 5.75 Å². The molecule has 0 atom stereocenters. The highest BCUT2D eigenvalue weighted by molar-refractivity contribution is 5.98. The van der Waals surface area contributed by atoms with Crippen LogP contribution in [0.25, 0.3) is 0 Å².